The van der Waals surface area contributed by atoms with E-state index in [1.807, 2.05) is 6.92 Å². The molecule has 0 spiro atoms. The van der Waals surface area contributed by atoms with E-state index in [0.717, 1.165) is 24.8 Å². The van der Waals surface area contributed by atoms with E-state index in [4.69, 9.17) is 4.74 Å². The number of rotatable bonds is 7. The van der Waals surface area contributed by atoms with E-state index < -0.39 is 10.0 Å². The van der Waals surface area contributed by atoms with Crippen LogP contribution in [0.1, 0.15) is 31.7 Å². The van der Waals surface area contributed by atoms with Crippen LogP contribution in [0.5, 0.6) is 0 Å². The van der Waals surface area contributed by atoms with Crippen LogP contribution in [0.3, 0.4) is 0 Å². The number of hydrogen-bond acceptors (Lipinski definition) is 3. The molecule has 1 aliphatic rings. The molecule has 1 heterocycles. The van der Waals surface area contributed by atoms with Crippen molar-refractivity contribution in [3.8, 4) is 0 Å². The predicted octanol–water partition coefficient (Wildman–Crippen LogP) is 2.23. The Morgan fingerprint density at radius 3 is 2.53 bits per heavy atom. The lowest BCUT2D eigenvalue weighted by atomic mass is 10.2. The second kappa shape index (κ2) is 6.03. The molecular formula is C14H21NO3S. The van der Waals surface area contributed by atoms with Gasteiger partial charge in [-0.2, -0.15) is 0 Å². The van der Waals surface area contributed by atoms with Gasteiger partial charge < -0.3 is 4.74 Å². The summed E-state index contributed by atoms with van der Waals surface area (Å²) in [4.78, 5) is 0.309. The van der Waals surface area contributed by atoms with E-state index >= 15 is 0 Å². The Balaban J connectivity index is 1.84. The fourth-order valence-corrected chi connectivity index (χ4v) is 3.06. The fraction of sp³-hybridized carbons (Fsp3) is 0.571. The first-order valence-corrected chi connectivity index (χ1v) is 8.23. The van der Waals surface area contributed by atoms with Gasteiger partial charge in [0.05, 0.1) is 17.1 Å². The topological polar surface area (TPSA) is 58.7 Å². The van der Waals surface area contributed by atoms with Gasteiger partial charge in [0, 0.05) is 6.54 Å². The zero-order valence-electron chi connectivity index (χ0n) is 11.4. The lowest BCUT2D eigenvalue weighted by molar-refractivity contribution is 0.358. The third-order valence-corrected chi connectivity index (χ3v) is 4.78. The fourth-order valence-electron chi connectivity index (χ4n) is 2.01. The summed E-state index contributed by atoms with van der Waals surface area (Å²) < 4.78 is 32.1. The molecule has 1 saturated heterocycles. The van der Waals surface area contributed by atoms with Gasteiger partial charge in [-0.05, 0) is 25.5 Å². The van der Waals surface area contributed by atoms with Crippen LogP contribution in [0, 0.1) is 6.92 Å². The van der Waals surface area contributed by atoms with Gasteiger partial charge in [-0.3, -0.25) is 0 Å². The number of unbranched alkanes of at least 4 members (excludes halogenated alkanes) is 1. The molecule has 1 aromatic carbocycles. The van der Waals surface area contributed by atoms with Gasteiger partial charge in [0.2, 0.25) is 10.0 Å². The van der Waals surface area contributed by atoms with Crippen molar-refractivity contribution in [3.05, 3.63) is 29.8 Å². The highest BCUT2D eigenvalue weighted by atomic mass is 32.2. The molecule has 2 rings (SSSR count). The van der Waals surface area contributed by atoms with Gasteiger partial charge in [-0.25, -0.2) is 13.1 Å². The van der Waals surface area contributed by atoms with E-state index in [0.29, 0.717) is 11.4 Å². The number of sulfonamides is 1. The quantitative estimate of drug-likeness (QED) is 0.781. The molecule has 2 atom stereocenters. The minimum Gasteiger partial charge on any atom is -0.368 e. The highest BCUT2D eigenvalue weighted by molar-refractivity contribution is 7.89. The average molecular weight is 283 g/mol. The standard InChI is InChI=1S/C14H21NO3S/c1-3-4-5-13-14(18-13)10-15-19(16,17)12-8-6-11(2)7-9-12/h6-9,13-15H,3-5,10H2,1-2H3/t13-,14-/m0/s1. The first-order valence-electron chi connectivity index (χ1n) is 6.74. The van der Waals surface area contributed by atoms with Gasteiger partial charge in [-0.1, -0.05) is 37.5 Å². The number of hydrogen-bond donors (Lipinski definition) is 1. The largest absolute Gasteiger partial charge is 0.368 e. The van der Waals surface area contributed by atoms with Gasteiger partial charge in [-0.15, -0.1) is 0 Å². The molecule has 1 N–H and O–H groups in total. The first-order chi connectivity index (χ1) is 9.03. The molecule has 0 saturated carbocycles. The van der Waals surface area contributed by atoms with E-state index in [9.17, 15) is 8.42 Å². The van der Waals surface area contributed by atoms with Crippen LogP contribution >= 0.6 is 0 Å². The van der Waals surface area contributed by atoms with E-state index in [2.05, 4.69) is 11.6 Å². The van der Waals surface area contributed by atoms with Crippen molar-refractivity contribution in [2.24, 2.45) is 0 Å². The van der Waals surface area contributed by atoms with Crippen LogP contribution in [0.15, 0.2) is 29.2 Å². The van der Waals surface area contributed by atoms with Crippen molar-refractivity contribution in [2.75, 3.05) is 6.54 Å². The van der Waals surface area contributed by atoms with Crippen LogP contribution in [-0.4, -0.2) is 27.2 Å². The van der Waals surface area contributed by atoms with Gasteiger partial charge in [0.15, 0.2) is 0 Å². The van der Waals surface area contributed by atoms with Crippen molar-refractivity contribution < 1.29 is 13.2 Å². The van der Waals surface area contributed by atoms with Gasteiger partial charge >= 0.3 is 0 Å². The van der Waals surface area contributed by atoms with Crippen LogP contribution in [0.2, 0.25) is 0 Å². The van der Waals surface area contributed by atoms with Crippen LogP contribution in [0.4, 0.5) is 0 Å². The Kier molecular flexibility index (Phi) is 4.60. The predicted molar refractivity (Wildman–Crippen MR) is 74.6 cm³/mol. The molecule has 1 aliphatic heterocycles. The van der Waals surface area contributed by atoms with Crippen molar-refractivity contribution in [1.82, 2.24) is 4.72 Å². The van der Waals surface area contributed by atoms with Gasteiger partial charge in [0.25, 0.3) is 0 Å². The van der Waals surface area contributed by atoms with Crippen molar-refractivity contribution >= 4 is 10.0 Å². The van der Waals surface area contributed by atoms with E-state index in [1.54, 1.807) is 24.3 Å². The zero-order valence-corrected chi connectivity index (χ0v) is 12.2. The third-order valence-electron chi connectivity index (χ3n) is 3.34. The molecule has 0 aromatic heterocycles. The molecule has 1 fully saturated rings. The SMILES string of the molecule is CCCC[C@@H]1O[C@H]1CNS(=O)(=O)c1ccc(C)cc1. The minimum atomic E-state index is -3.41. The molecular weight excluding hydrogens is 262 g/mol. The molecule has 4 nitrogen and oxygen atoms in total. The summed E-state index contributed by atoms with van der Waals surface area (Å²) in [6.07, 6.45) is 3.58. The van der Waals surface area contributed by atoms with Crippen molar-refractivity contribution in [2.45, 2.75) is 50.2 Å². The van der Waals surface area contributed by atoms with Gasteiger partial charge in [0.1, 0.15) is 0 Å². The Morgan fingerprint density at radius 2 is 1.89 bits per heavy atom. The summed E-state index contributed by atoms with van der Waals surface area (Å²) in [6, 6.07) is 6.85. The summed E-state index contributed by atoms with van der Waals surface area (Å²) in [5.41, 5.74) is 1.05. The molecule has 0 unspecified atom stereocenters. The van der Waals surface area contributed by atoms with Crippen LogP contribution in [0.25, 0.3) is 0 Å². The normalized spacial score (nSPS) is 22.4. The maximum Gasteiger partial charge on any atom is 0.240 e. The average Bonchev–Trinajstić information content (AvgIpc) is 3.13. The second-order valence-electron chi connectivity index (χ2n) is 5.02. The summed E-state index contributed by atoms with van der Waals surface area (Å²) in [5.74, 6) is 0. The summed E-state index contributed by atoms with van der Waals surface area (Å²) in [6.45, 7) is 4.43. The molecule has 106 valence electrons. The smallest absolute Gasteiger partial charge is 0.240 e. The zero-order chi connectivity index (χ0) is 13.9. The number of ether oxygens (including phenoxy) is 1. The monoisotopic (exact) mass is 283 g/mol. The molecule has 0 radical (unpaired) electrons. The van der Waals surface area contributed by atoms with Crippen molar-refractivity contribution in [1.29, 1.82) is 0 Å². The summed E-state index contributed by atoms with van der Waals surface area (Å²) >= 11 is 0. The highest BCUT2D eigenvalue weighted by Crippen LogP contribution is 2.26. The Morgan fingerprint density at radius 1 is 1.21 bits per heavy atom. The molecule has 0 bridgehead atoms. The summed E-state index contributed by atoms with van der Waals surface area (Å²) in [5, 5.41) is 0. The molecule has 0 aliphatic carbocycles. The van der Waals surface area contributed by atoms with Crippen LogP contribution in [-0.2, 0) is 14.8 Å². The first kappa shape index (κ1) is 14.5. The minimum absolute atomic E-state index is 0.0479. The van der Waals surface area contributed by atoms with E-state index in [-0.39, 0.29) is 12.2 Å². The molecule has 0 amide bonds. The lowest BCUT2D eigenvalue weighted by Crippen LogP contribution is -2.28. The number of epoxide rings is 1. The molecule has 19 heavy (non-hydrogen) atoms. The Bertz CT molecular complexity index is 510. The van der Waals surface area contributed by atoms with Crippen LogP contribution < -0.4 is 4.72 Å². The number of aryl methyl sites for hydroxylation is 1. The highest BCUT2D eigenvalue weighted by Gasteiger charge is 2.38. The maximum absolute atomic E-state index is 12.0. The molecule has 1 aromatic rings. The lowest BCUT2D eigenvalue weighted by Gasteiger charge is -2.05. The van der Waals surface area contributed by atoms with Crippen molar-refractivity contribution in [3.63, 3.8) is 0 Å². The molecule has 5 heteroatoms. The number of nitrogens with one attached hydrogen (secondary N) is 1. The second-order valence-corrected chi connectivity index (χ2v) is 6.79. The third kappa shape index (κ3) is 4.03. The summed E-state index contributed by atoms with van der Waals surface area (Å²) in [7, 11) is -3.41. The number of benzene rings is 1. The van der Waals surface area contributed by atoms with E-state index in [1.165, 1.54) is 0 Å². The Labute approximate surface area is 115 Å². The Hall–Kier alpha value is -0.910. The maximum atomic E-state index is 12.0.